The first kappa shape index (κ1) is 18.0. The monoisotopic (exact) mass is 325 g/mol. The Morgan fingerprint density at radius 2 is 1.67 bits per heavy atom. The van der Waals surface area contributed by atoms with E-state index in [1.807, 2.05) is 45.3 Å². The van der Waals surface area contributed by atoms with Gasteiger partial charge in [-0.2, -0.15) is 0 Å². The van der Waals surface area contributed by atoms with Crippen LogP contribution in [0.2, 0.25) is 0 Å². The molecule has 0 aromatic heterocycles. The van der Waals surface area contributed by atoms with E-state index in [-0.39, 0.29) is 12.1 Å². The molecular formula is C20H27N3O. The molecule has 0 heterocycles. The van der Waals surface area contributed by atoms with Crippen molar-refractivity contribution in [2.45, 2.75) is 26.3 Å². The number of hydrogen-bond donors (Lipinski definition) is 2. The molecule has 1 atom stereocenters. The predicted molar refractivity (Wildman–Crippen MR) is 100 cm³/mol. The van der Waals surface area contributed by atoms with E-state index < -0.39 is 0 Å². The zero-order chi connectivity index (χ0) is 17.5. The Morgan fingerprint density at radius 1 is 1.04 bits per heavy atom. The molecule has 2 N–H and O–H groups in total. The normalized spacial score (nSPS) is 12.0. The largest absolute Gasteiger partial charge is 0.336 e. The van der Waals surface area contributed by atoms with Gasteiger partial charge in [-0.1, -0.05) is 48.9 Å². The van der Waals surface area contributed by atoms with Crippen LogP contribution in [0.3, 0.4) is 0 Å². The third kappa shape index (κ3) is 5.10. The number of rotatable bonds is 6. The smallest absolute Gasteiger partial charge is 0.319 e. The molecule has 0 fully saturated rings. The van der Waals surface area contributed by atoms with E-state index >= 15 is 0 Å². The van der Waals surface area contributed by atoms with Crippen LogP contribution < -0.4 is 10.6 Å². The summed E-state index contributed by atoms with van der Waals surface area (Å²) in [7, 11) is 4.05. The second-order valence-corrected chi connectivity index (χ2v) is 6.28. The molecule has 0 aliphatic carbocycles. The van der Waals surface area contributed by atoms with Crippen LogP contribution in [0.4, 0.5) is 10.5 Å². The Kier molecular flexibility index (Phi) is 6.38. The fourth-order valence-electron chi connectivity index (χ4n) is 2.58. The van der Waals surface area contributed by atoms with Gasteiger partial charge in [0.05, 0.1) is 6.04 Å². The number of carbonyl (C=O) groups excluding carboxylic acids is 1. The summed E-state index contributed by atoms with van der Waals surface area (Å²) in [5.41, 5.74) is 4.49. The van der Waals surface area contributed by atoms with Gasteiger partial charge < -0.3 is 15.5 Å². The summed E-state index contributed by atoms with van der Waals surface area (Å²) in [5, 5.41) is 5.83. The summed E-state index contributed by atoms with van der Waals surface area (Å²) in [6, 6.07) is 16.3. The van der Waals surface area contributed by atoms with Gasteiger partial charge in [-0.05, 0) is 50.7 Å². The van der Waals surface area contributed by atoms with E-state index in [0.29, 0.717) is 6.54 Å². The van der Waals surface area contributed by atoms with Gasteiger partial charge in [0.25, 0.3) is 0 Å². The third-order valence-electron chi connectivity index (χ3n) is 4.16. The van der Waals surface area contributed by atoms with Crippen molar-refractivity contribution >= 4 is 11.7 Å². The number of nitrogens with one attached hydrogen (secondary N) is 2. The van der Waals surface area contributed by atoms with Crippen molar-refractivity contribution in [3.8, 4) is 0 Å². The van der Waals surface area contributed by atoms with Gasteiger partial charge in [0.15, 0.2) is 0 Å². The molecule has 2 rings (SSSR count). The van der Waals surface area contributed by atoms with Crippen molar-refractivity contribution in [3.05, 3.63) is 65.2 Å². The van der Waals surface area contributed by atoms with Crippen molar-refractivity contribution in [1.29, 1.82) is 0 Å². The highest BCUT2D eigenvalue weighted by Gasteiger charge is 2.15. The number of anilines is 1. The number of nitrogens with zero attached hydrogens (tertiary/aromatic N) is 1. The van der Waals surface area contributed by atoms with Crippen molar-refractivity contribution in [1.82, 2.24) is 10.2 Å². The van der Waals surface area contributed by atoms with Gasteiger partial charge in [0.2, 0.25) is 0 Å². The van der Waals surface area contributed by atoms with Gasteiger partial charge in [-0.15, -0.1) is 0 Å². The molecule has 128 valence electrons. The molecule has 0 bridgehead atoms. The van der Waals surface area contributed by atoms with Crippen LogP contribution >= 0.6 is 0 Å². The molecule has 4 nitrogen and oxygen atoms in total. The van der Waals surface area contributed by atoms with E-state index in [0.717, 1.165) is 12.1 Å². The fourth-order valence-corrected chi connectivity index (χ4v) is 2.58. The van der Waals surface area contributed by atoms with Crippen LogP contribution in [0.15, 0.2) is 48.5 Å². The van der Waals surface area contributed by atoms with Crippen LogP contribution in [0.1, 0.15) is 29.7 Å². The first-order chi connectivity index (χ1) is 11.5. The van der Waals surface area contributed by atoms with Crippen molar-refractivity contribution in [2.75, 3.05) is 26.0 Å². The lowest BCUT2D eigenvalue weighted by atomic mass is 10.0. The predicted octanol–water partition coefficient (Wildman–Crippen LogP) is 3.98. The number of hydrogen-bond acceptors (Lipinski definition) is 2. The molecular weight excluding hydrogens is 298 g/mol. The molecule has 0 aliphatic heterocycles. The van der Waals surface area contributed by atoms with Gasteiger partial charge in [-0.3, -0.25) is 0 Å². The van der Waals surface area contributed by atoms with Crippen LogP contribution in [0.25, 0.3) is 0 Å². The maximum absolute atomic E-state index is 12.1. The molecule has 2 aromatic carbocycles. The average Bonchev–Trinajstić information content (AvgIpc) is 2.57. The third-order valence-corrected chi connectivity index (χ3v) is 4.16. The topological polar surface area (TPSA) is 44.4 Å². The molecule has 4 heteroatoms. The van der Waals surface area contributed by atoms with Crippen LogP contribution in [0.5, 0.6) is 0 Å². The summed E-state index contributed by atoms with van der Waals surface area (Å²) in [4.78, 5) is 14.2. The first-order valence-electron chi connectivity index (χ1n) is 8.36. The molecule has 0 radical (unpaired) electrons. The lowest BCUT2D eigenvalue weighted by molar-refractivity contribution is 0.243. The lowest BCUT2D eigenvalue weighted by Crippen LogP contribution is -2.36. The molecule has 0 spiro atoms. The number of carbonyl (C=O) groups is 1. The highest BCUT2D eigenvalue weighted by Crippen LogP contribution is 2.18. The van der Waals surface area contributed by atoms with Crippen LogP contribution in [-0.4, -0.2) is 31.6 Å². The molecule has 0 saturated heterocycles. The molecule has 2 amide bonds. The van der Waals surface area contributed by atoms with Crippen LogP contribution in [-0.2, 0) is 6.42 Å². The molecule has 2 aromatic rings. The van der Waals surface area contributed by atoms with Gasteiger partial charge in [-0.25, -0.2) is 4.79 Å². The second kappa shape index (κ2) is 8.50. The van der Waals surface area contributed by atoms with Crippen molar-refractivity contribution in [3.63, 3.8) is 0 Å². The number of aryl methyl sites for hydroxylation is 2. The summed E-state index contributed by atoms with van der Waals surface area (Å²) < 4.78 is 0. The first-order valence-corrected chi connectivity index (χ1v) is 8.36. The van der Waals surface area contributed by atoms with Crippen molar-refractivity contribution in [2.24, 2.45) is 0 Å². The zero-order valence-corrected chi connectivity index (χ0v) is 15.0. The van der Waals surface area contributed by atoms with E-state index in [4.69, 9.17) is 0 Å². The van der Waals surface area contributed by atoms with Crippen molar-refractivity contribution < 1.29 is 4.79 Å². The Hall–Kier alpha value is -2.33. The van der Waals surface area contributed by atoms with Gasteiger partial charge in [0, 0.05) is 12.2 Å². The second-order valence-electron chi connectivity index (χ2n) is 6.28. The van der Waals surface area contributed by atoms with E-state index in [1.54, 1.807) is 0 Å². The number of amides is 2. The zero-order valence-electron chi connectivity index (χ0n) is 15.0. The summed E-state index contributed by atoms with van der Waals surface area (Å²) >= 11 is 0. The Bertz CT molecular complexity index is 648. The highest BCUT2D eigenvalue weighted by atomic mass is 16.2. The fraction of sp³-hybridized carbons (Fsp3) is 0.350. The van der Waals surface area contributed by atoms with E-state index in [1.165, 1.54) is 16.7 Å². The molecule has 0 aliphatic rings. The maximum Gasteiger partial charge on any atom is 0.319 e. The summed E-state index contributed by atoms with van der Waals surface area (Å²) in [6.45, 7) is 4.72. The Balaban J connectivity index is 1.95. The quantitative estimate of drug-likeness (QED) is 0.843. The summed E-state index contributed by atoms with van der Waals surface area (Å²) in [6.07, 6.45) is 1.03. The lowest BCUT2D eigenvalue weighted by Gasteiger charge is -2.25. The molecule has 1 unspecified atom stereocenters. The number of benzene rings is 2. The average molecular weight is 325 g/mol. The van der Waals surface area contributed by atoms with E-state index in [9.17, 15) is 4.79 Å². The minimum absolute atomic E-state index is 0.139. The molecule has 0 saturated carbocycles. The maximum atomic E-state index is 12.1. The van der Waals surface area contributed by atoms with E-state index in [2.05, 4.69) is 46.7 Å². The SMILES string of the molecule is CCc1ccc(C(CNC(=O)Nc2ccc(C)cc2)N(C)C)cc1. The minimum Gasteiger partial charge on any atom is -0.336 e. The Labute approximate surface area is 144 Å². The minimum atomic E-state index is -0.184. The highest BCUT2D eigenvalue weighted by molar-refractivity contribution is 5.89. The number of urea groups is 1. The van der Waals surface area contributed by atoms with Gasteiger partial charge >= 0.3 is 6.03 Å². The Morgan fingerprint density at radius 3 is 2.21 bits per heavy atom. The standard InChI is InChI=1S/C20H27N3O/c1-5-16-8-10-17(11-9-16)19(23(3)4)14-21-20(24)22-18-12-6-15(2)7-13-18/h6-13,19H,5,14H2,1-4H3,(H2,21,22,24). The summed E-state index contributed by atoms with van der Waals surface area (Å²) in [5.74, 6) is 0. The van der Waals surface area contributed by atoms with Crippen LogP contribution in [0, 0.1) is 6.92 Å². The van der Waals surface area contributed by atoms with Gasteiger partial charge in [0.1, 0.15) is 0 Å². The molecule has 24 heavy (non-hydrogen) atoms. The number of likely N-dealkylation sites (N-methyl/N-ethyl adjacent to an activating group) is 1.